The number of aryl methyl sites for hydroxylation is 1. The lowest BCUT2D eigenvalue weighted by atomic mass is 9.93. The number of ether oxygens (including phenoxy) is 1. The Bertz CT molecular complexity index is 341. The largest absolute Gasteiger partial charge is 0.385 e. The molecule has 0 aliphatic heterocycles. The van der Waals surface area contributed by atoms with Gasteiger partial charge in [0.1, 0.15) is 0 Å². The fourth-order valence-corrected chi connectivity index (χ4v) is 2.16. The lowest BCUT2D eigenvalue weighted by Gasteiger charge is -2.26. The maximum absolute atomic E-state index is 5.19. The van der Waals surface area contributed by atoms with Gasteiger partial charge in [0, 0.05) is 19.9 Å². The van der Waals surface area contributed by atoms with Crippen LogP contribution in [-0.2, 0) is 4.74 Å². The fraction of sp³-hybridized carbons (Fsp3) is 0.667. The molecule has 0 radical (unpaired) electrons. The van der Waals surface area contributed by atoms with E-state index in [9.17, 15) is 0 Å². The van der Waals surface area contributed by atoms with Gasteiger partial charge in [-0.05, 0) is 43.9 Å². The summed E-state index contributed by atoms with van der Waals surface area (Å²) in [4.78, 5) is 4.56. The summed E-state index contributed by atoms with van der Waals surface area (Å²) >= 11 is 0. The molecular formula is C15H26N2O. The Balaban J connectivity index is 2.80. The van der Waals surface area contributed by atoms with Crippen molar-refractivity contribution in [1.29, 1.82) is 0 Å². The number of nitrogens with one attached hydrogen (secondary N) is 1. The summed E-state index contributed by atoms with van der Waals surface area (Å²) in [5.74, 6) is 0.519. The Morgan fingerprint density at radius 2 is 2.22 bits per heavy atom. The number of nitrogens with zero attached hydrogens (tertiary/aromatic N) is 1. The quantitative estimate of drug-likeness (QED) is 0.770. The second-order valence-electron chi connectivity index (χ2n) is 4.90. The first kappa shape index (κ1) is 15.1. The van der Waals surface area contributed by atoms with E-state index in [4.69, 9.17) is 4.74 Å². The van der Waals surface area contributed by atoms with Crippen molar-refractivity contribution < 1.29 is 4.74 Å². The molecule has 0 amide bonds. The topological polar surface area (TPSA) is 34.2 Å². The first-order valence-corrected chi connectivity index (χ1v) is 6.84. The van der Waals surface area contributed by atoms with Crippen molar-refractivity contribution in [3.63, 3.8) is 0 Å². The molecule has 1 N–H and O–H groups in total. The van der Waals surface area contributed by atoms with Crippen LogP contribution >= 0.6 is 0 Å². The van der Waals surface area contributed by atoms with Crippen LogP contribution in [0, 0.1) is 12.8 Å². The van der Waals surface area contributed by atoms with Crippen LogP contribution in [0.1, 0.15) is 44.0 Å². The lowest BCUT2D eigenvalue weighted by molar-refractivity contribution is 0.169. The molecule has 1 aromatic rings. The van der Waals surface area contributed by atoms with Crippen molar-refractivity contribution >= 4 is 0 Å². The zero-order valence-electron chi connectivity index (χ0n) is 12.1. The van der Waals surface area contributed by atoms with Crippen LogP contribution in [0.2, 0.25) is 0 Å². The molecule has 102 valence electrons. The molecule has 3 heteroatoms. The number of methoxy groups -OCH3 is 1. The smallest absolute Gasteiger partial charge is 0.0604 e. The van der Waals surface area contributed by atoms with E-state index in [2.05, 4.69) is 37.1 Å². The summed E-state index contributed by atoms with van der Waals surface area (Å²) in [5.41, 5.74) is 2.44. The van der Waals surface area contributed by atoms with E-state index in [1.54, 1.807) is 7.11 Å². The van der Waals surface area contributed by atoms with Crippen LogP contribution in [0.25, 0.3) is 0 Å². The van der Waals surface area contributed by atoms with Gasteiger partial charge in [-0.15, -0.1) is 0 Å². The minimum absolute atomic E-state index is 0.321. The van der Waals surface area contributed by atoms with Gasteiger partial charge in [-0.2, -0.15) is 0 Å². The van der Waals surface area contributed by atoms with Crippen molar-refractivity contribution in [2.24, 2.45) is 5.92 Å². The molecule has 1 heterocycles. The number of hydrogen-bond acceptors (Lipinski definition) is 3. The Kier molecular flexibility index (Phi) is 6.91. The van der Waals surface area contributed by atoms with E-state index in [0.717, 1.165) is 26.0 Å². The number of rotatable bonds is 8. The number of pyridine rings is 1. The van der Waals surface area contributed by atoms with E-state index in [-0.39, 0.29) is 0 Å². The summed E-state index contributed by atoms with van der Waals surface area (Å²) < 4.78 is 5.19. The predicted octanol–water partition coefficient (Wildman–Crippen LogP) is 3.10. The number of aromatic nitrogens is 1. The van der Waals surface area contributed by atoms with Gasteiger partial charge >= 0.3 is 0 Å². The van der Waals surface area contributed by atoms with Crippen LogP contribution < -0.4 is 5.32 Å². The van der Waals surface area contributed by atoms with Crippen molar-refractivity contribution in [1.82, 2.24) is 10.3 Å². The minimum Gasteiger partial charge on any atom is -0.385 e. The van der Waals surface area contributed by atoms with Crippen LogP contribution in [-0.4, -0.2) is 25.2 Å². The lowest BCUT2D eigenvalue weighted by Crippen LogP contribution is -2.29. The van der Waals surface area contributed by atoms with Crippen molar-refractivity contribution in [2.75, 3.05) is 20.3 Å². The molecule has 0 fully saturated rings. The second-order valence-corrected chi connectivity index (χ2v) is 4.90. The maximum Gasteiger partial charge on any atom is 0.0604 e. The van der Waals surface area contributed by atoms with Gasteiger partial charge in [0.2, 0.25) is 0 Å². The van der Waals surface area contributed by atoms with E-state index >= 15 is 0 Å². The Morgan fingerprint density at radius 3 is 2.83 bits per heavy atom. The average molecular weight is 250 g/mol. The summed E-state index contributed by atoms with van der Waals surface area (Å²) in [5, 5.41) is 3.62. The van der Waals surface area contributed by atoms with Crippen LogP contribution in [0.3, 0.4) is 0 Å². The van der Waals surface area contributed by atoms with E-state index in [0.29, 0.717) is 12.0 Å². The van der Waals surface area contributed by atoms with Crippen LogP contribution in [0.5, 0.6) is 0 Å². The van der Waals surface area contributed by atoms with Crippen molar-refractivity contribution in [3.8, 4) is 0 Å². The summed E-state index contributed by atoms with van der Waals surface area (Å²) in [6, 6.07) is 4.45. The molecule has 2 unspecified atom stereocenters. The molecule has 0 saturated carbocycles. The second kappa shape index (κ2) is 8.22. The third-order valence-electron chi connectivity index (χ3n) is 3.31. The van der Waals surface area contributed by atoms with Crippen LogP contribution in [0.4, 0.5) is 0 Å². The average Bonchev–Trinajstić information content (AvgIpc) is 2.38. The monoisotopic (exact) mass is 250 g/mol. The highest BCUT2D eigenvalue weighted by Gasteiger charge is 2.21. The standard InChI is InChI=1S/C15H26N2O/c1-5-9-16-15(13(3)8-11-18-4)14-12(2)7-6-10-17-14/h6-7,10,13,15-16H,5,8-9,11H2,1-4H3. The van der Waals surface area contributed by atoms with Gasteiger partial charge in [0.15, 0.2) is 0 Å². The summed E-state index contributed by atoms with van der Waals surface area (Å²) in [6.45, 7) is 8.41. The molecular weight excluding hydrogens is 224 g/mol. The molecule has 1 aromatic heterocycles. The van der Waals surface area contributed by atoms with E-state index < -0.39 is 0 Å². The molecule has 2 atom stereocenters. The maximum atomic E-state index is 5.19. The van der Waals surface area contributed by atoms with Crippen LogP contribution in [0.15, 0.2) is 18.3 Å². The third-order valence-corrected chi connectivity index (χ3v) is 3.31. The first-order valence-electron chi connectivity index (χ1n) is 6.84. The van der Waals surface area contributed by atoms with Gasteiger partial charge in [-0.25, -0.2) is 0 Å². The summed E-state index contributed by atoms with van der Waals surface area (Å²) in [7, 11) is 1.76. The van der Waals surface area contributed by atoms with E-state index in [1.807, 2.05) is 12.3 Å². The van der Waals surface area contributed by atoms with Gasteiger partial charge in [-0.1, -0.05) is 19.9 Å². The molecule has 0 bridgehead atoms. The first-order chi connectivity index (χ1) is 8.70. The van der Waals surface area contributed by atoms with E-state index in [1.165, 1.54) is 11.3 Å². The Labute approximate surface area is 111 Å². The molecule has 18 heavy (non-hydrogen) atoms. The predicted molar refractivity (Wildman–Crippen MR) is 75.7 cm³/mol. The summed E-state index contributed by atoms with van der Waals surface area (Å²) in [6.07, 6.45) is 4.07. The molecule has 0 saturated heterocycles. The van der Waals surface area contributed by atoms with Gasteiger partial charge < -0.3 is 10.1 Å². The van der Waals surface area contributed by atoms with Crippen molar-refractivity contribution in [3.05, 3.63) is 29.6 Å². The minimum atomic E-state index is 0.321. The molecule has 0 spiro atoms. The highest BCUT2D eigenvalue weighted by atomic mass is 16.5. The van der Waals surface area contributed by atoms with Gasteiger partial charge in [-0.3, -0.25) is 4.98 Å². The highest BCUT2D eigenvalue weighted by molar-refractivity contribution is 5.21. The normalized spacial score (nSPS) is 14.4. The Morgan fingerprint density at radius 1 is 1.44 bits per heavy atom. The molecule has 1 rings (SSSR count). The van der Waals surface area contributed by atoms with Gasteiger partial charge in [0.05, 0.1) is 11.7 Å². The zero-order chi connectivity index (χ0) is 13.4. The molecule has 0 aliphatic carbocycles. The molecule has 0 aromatic carbocycles. The van der Waals surface area contributed by atoms with Gasteiger partial charge in [0.25, 0.3) is 0 Å². The Hall–Kier alpha value is -0.930. The van der Waals surface area contributed by atoms with Crippen molar-refractivity contribution in [2.45, 2.75) is 39.7 Å². The number of hydrogen-bond donors (Lipinski definition) is 1. The zero-order valence-corrected chi connectivity index (χ0v) is 12.1. The fourth-order valence-electron chi connectivity index (χ4n) is 2.16. The molecule has 0 aliphatic rings. The highest BCUT2D eigenvalue weighted by Crippen LogP contribution is 2.25. The SMILES string of the molecule is CCCNC(c1ncccc1C)C(C)CCOC. The molecule has 3 nitrogen and oxygen atoms in total. The third kappa shape index (κ3) is 4.39.